The lowest BCUT2D eigenvalue weighted by molar-refractivity contribution is -0.118. The zero-order valence-electron chi connectivity index (χ0n) is 9.82. The molecule has 3 nitrogen and oxygen atoms in total. The lowest BCUT2D eigenvalue weighted by Gasteiger charge is -2.12. The van der Waals surface area contributed by atoms with Crippen LogP contribution in [0.25, 0.3) is 0 Å². The van der Waals surface area contributed by atoms with Gasteiger partial charge in [0.15, 0.2) is 11.7 Å². The van der Waals surface area contributed by atoms with Gasteiger partial charge in [0.05, 0.1) is 6.07 Å². The van der Waals surface area contributed by atoms with E-state index in [1.54, 1.807) is 6.07 Å². The van der Waals surface area contributed by atoms with Gasteiger partial charge in [0.1, 0.15) is 22.3 Å². The quantitative estimate of drug-likeness (QED) is 0.665. The number of nitrogens with zero attached hydrogens (tertiary/aromatic N) is 1. The Balaban J connectivity index is 2.93. The number of carbonyl (C=O) groups excluding carboxylic acids is 1. The van der Waals surface area contributed by atoms with E-state index in [4.69, 9.17) is 17.5 Å². The third-order valence-corrected chi connectivity index (χ3v) is 2.61. The predicted octanol–water partition coefficient (Wildman–Crippen LogP) is 2.99. The van der Waals surface area contributed by atoms with Crippen LogP contribution in [0.4, 0.5) is 14.5 Å². The number of hydrogen-bond acceptors (Lipinski definition) is 3. The average molecular weight is 280 g/mol. The van der Waals surface area contributed by atoms with Gasteiger partial charge in [-0.25, -0.2) is 8.78 Å². The highest BCUT2D eigenvalue weighted by atomic mass is 32.1. The lowest BCUT2D eigenvalue weighted by Crippen LogP contribution is -2.27. The maximum absolute atomic E-state index is 13.4. The first kappa shape index (κ1) is 14.9. The molecule has 0 spiro atoms. The summed E-state index contributed by atoms with van der Waals surface area (Å²) in [6, 6.07) is 4.98. The zero-order valence-corrected chi connectivity index (χ0v) is 10.6. The number of carbonyl (C=O) groups is 1. The molecule has 0 saturated heterocycles. The summed E-state index contributed by atoms with van der Waals surface area (Å²) >= 11 is 4.84. The molecule has 0 amide bonds. The minimum atomic E-state index is -1.26. The number of thiocarbonyl (C=S) groups is 1. The van der Waals surface area contributed by atoms with Gasteiger partial charge < -0.3 is 5.32 Å². The Kier molecular flexibility index (Phi) is 5.27. The predicted molar refractivity (Wildman–Crippen MR) is 71.5 cm³/mol. The topological polar surface area (TPSA) is 52.9 Å². The van der Waals surface area contributed by atoms with Crippen molar-refractivity contribution in [1.82, 2.24) is 0 Å². The standard InChI is InChI=1S/C13H10F2N2OS/c1-2-4-11(18)8(7-16)13(19)17-12-9(14)5-3-6-10(12)15/h2-3,5-6,8H,1,4H2,(H,17,19). The summed E-state index contributed by atoms with van der Waals surface area (Å²) in [6.45, 7) is 3.37. The first-order valence-corrected chi connectivity index (χ1v) is 5.70. The van der Waals surface area contributed by atoms with Crippen LogP contribution in [0.1, 0.15) is 6.42 Å². The molecule has 1 unspecified atom stereocenters. The van der Waals surface area contributed by atoms with E-state index in [1.165, 1.54) is 12.1 Å². The molecule has 98 valence electrons. The third kappa shape index (κ3) is 3.66. The van der Waals surface area contributed by atoms with Crippen LogP contribution in [0.5, 0.6) is 0 Å². The van der Waals surface area contributed by atoms with Crippen LogP contribution in [0.2, 0.25) is 0 Å². The fourth-order valence-corrected chi connectivity index (χ4v) is 1.64. The second-order valence-corrected chi connectivity index (χ2v) is 4.05. The highest BCUT2D eigenvalue weighted by Crippen LogP contribution is 2.19. The smallest absolute Gasteiger partial charge is 0.160 e. The number of Topliss-reactive ketones (excluding diaryl/α,β-unsaturated/α-hetero) is 1. The summed E-state index contributed by atoms with van der Waals surface area (Å²) in [5.41, 5.74) is -0.473. The molecule has 0 heterocycles. The fourth-order valence-electron chi connectivity index (χ4n) is 1.35. The van der Waals surface area contributed by atoms with Crippen molar-refractivity contribution < 1.29 is 13.6 Å². The molecule has 0 aliphatic carbocycles. The number of benzene rings is 1. The first-order chi connectivity index (χ1) is 9.01. The molecule has 1 aromatic rings. The monoisotopic (exact) mass is 280 g/mol. The van der Waals surface area contributed by atoms with E-state index in [1.807, 2.05) is 0 Å². The Hall–Kier alpha value is -2.13. The third-order valence-electron chi connectivity index (χ3n) is 2.27. The van der Waals surface area contributed by atoms with E-state index in [0.717, 1.165) is 12.1 Å². The van der Waals surface area contributed by atoms with Gasteiger partial charge in [0.25, 0.3) is 0 Å². The Bertz CT molecular complexity index is 546. The number of halogens is 2. The second kappa shape index (κ2) is 6.71. The zero-order chi connectivity index (χ0) is 14.4. The molecule has 1 rings (SSSR count). The number of nitriles is 1. The number of rotatable bonds is 5. The Morgan fingerprint density at radius 3 is 2.58 bits per heavy atom. The minimum Gasteiger partial charge on any atom is -0.344 e. The first-order valence-electron chi connectivity index (χ1n) is 5.29. The molecule has 0 saturated carbocycles. The van der Waals surface area contributed by atoms with Crippen LogP contribution in [-0.4, -0.2) is 10.8 Å². The van der Waals surface area contributed by atoms with Gasteiger partial charge in [-0.2, -0.15) is 5.26 Å². The maximum atomic E-state index is 13.4. The largest absolute Gasteiger partial charge is 0.344 e. The Morgan fingerprint density at radius 1 is 1.53 bits per heavy atom. The Labute approximate surface area is 114 Å². The number of hydrogen-bond donors (Lipinski definition) is 1. The highest BCUT2D eigenvalue weighted by Gasteiger charge is 2.23. The molecule has 6 heteroatoms. The van der Waals surface area contributed by atoms with Crippen molar-refractivity contribution in [3.05, 3.63) is 42.5 Å². The molecule has 1 N–H and O–H groups in total. The van der Waals surface area contributed by atoms with Crippen molar-refractivity contribution in [3.8, 4) is 6.07 Å². The van der Waals surface area contributed by atoms with Gasteiger partial charge in [-0.05, 0) is 12.1 Å². The Morgan fingerprint density at radius 2 is 2.11 bits per heavy atom. The molecular weight excluding hydrogens is 270 g/mol. The van der Waals surface area contributed by atoms with Crippen LogP contribution < -0.4 is 5.32 Å². The molecule has 0 aliphatic rings. The van der Waals surface area contributed by atoms with E-state index in [-0.39, 0.29) is 11.4 Å². The summed E-state index contributed by atoms with van der Waals surface area (Å²) in [6.07, 6.45) is 1.29. The lowest BCUT2D eigenvalue weighted by atomic mass is 10.0. The highest BCUT2D eigenvalue weighted by molar-refractivity contribution is 7.80. The number of para-hydroxylation sites is 1. The molecule has 1 aromatic carbocycles. The minimum absolute atomic E-state index is 0.0419. The van der Waals surface area contributed by atoms with Gasteiger partial charge in [-0.1, -0.05) is 24.4 Å². The van der Waals surface area contributed by atoms with Gasteiger partial charge in [-0.3, -0.25) is 4.79 Å². The molecule has 0 bridgehead atoms. The summed E-state index contributed by atoms with van der Waals surface area (Å²) in [4.78, 5) is 11.3. The van der Waals surface area contributed by atoms with Crippen molar-refractivity contribution in [2.75, 3.05) is 5.32 Å². The van der Waals surface area contributed by atoms with Crippen LogP contribution in [0.15, 0.2) is 30.9 Å². The second-order valence-electron chi connectivity index (χ2n) is 3.61. The fraction of sp³-hybridized carbons (Fsp3) is 0.154. The van der Waals surface area contributed by atoms with Crippen LogP contribution in [-0.2, 0) is 4.79 Å². The SMILES string of the molecule is C=CCC(=O)C(C#N)C(=S)Nc1c(F)cccc1F. The van der Waals surface area contributed by atoms with Gasteiger partial charge in [0, 0.05) is 6.42 Å². The number of nitrogens with one attached hydrogen (secondary N) is 1. The normalized spacial score (nSPS) is 11.2. The van der Waals surface area contributed by atoms with Gasteiger partial charge >= 0.3 is 0 Å². The van der Waals surface area contributed by atoms with Crippen LogP contribution in [0.3, 0.4) is 0 Å². The summed E-state index contributed by atoms with van der Waals surface area (Å²) < 4.78 is 26.8. The van der Waals surface area contributed by atoms with Crippen molar-refractivity contribution in [2.24, 2.45) is 5.92 Å². The van der Waals surface area contributed by atoms with Crippen LogP contribution >= 0.6 is 12.2 Å². The molecule has 1 atom stereocenters. The van der Waals surface area contributed by atoms with E-state index >= 15 is 0 Å². The maximum Gasteiger partial charge on any atom is 0.160 e. The van der Waals surface area contributed by atoms with E-state index in [9.17, 15) is 13.6 Å². The van der Waals surface area contributed by atoms with Crippen LogP contribution in [0, 0.1) is 28.9 Å². The van der Waals surface area contributed by atoms with Gasteiger partial charge in [0.2, 0.25) is 0 Å². The molecule has 0 radical (unpaired) electrons. The average Bonchev–Trinajstić information content (AvgIpc) is 2.35. The van der Waals surface area contributed by atoms with E-state index in [0.29, 0.717) is 0 Å². The number of ketones is 1. The van der Waals surface area contributed by atoms with E-state index < -0.39 is 29.0 Å². The van der Waals surface area contributed by atoms with Crippen molar-refractivity contribution >= 4 is 28.7 Å². The molecule has 19 heavy (non-hydrogen) atoms. The van der Waals surface area contributed by atoms with Gasteiger partial charge in [-0.15, -0.1) is 6.58 Å². The summed E-state index contributed by atoms with van der Waals surface area (Å²) in [7, 11) is 0. The van der Waals surface area contributed by atoms with E-state index in [2.05, 4.69) is 11.9 Å². The molecule has 0 fully saturated rings. The van der Waals surface area contributed by atoms with Crippen molar-refractivity contribution in [2.45, 2.75) is 6.42 Å². The molecule has 0 aromatic heterocycles. The summed E-state index contributed by atoms with van der Waals surface area (Å²) in [5, 5.41) is 11.2. The van der Waals surface area contributed by atoms with Crippen molar-refractivity contribution in [3.63, 3.8) is 0 Å². The molecule has 0 aliphatic heterocycles. The molecular formula is C13H10F2N2OS. The number of allylic oxidation sites excluding steroid dienone is 1. The van der Waals surface area contributed by atoms with Crippen molar-refractivity contribution in [1.29, 1.82) is 5.26 Å². The summed E-state index contributed by atoms with van der Waals surface area (Å²) in [5.74, 6) is -3.44. The number of anilines is 1.